The van der Waals surface area contributed by atoms with Gasteiger partial charge in [0.15, 0.2) is 0 Å². The maximum absolute atomic E-state index is 12.2. The van der Waals surface area contributed by atoms with E-state index in [-0.39, 0.29) is 62.1 Å². The number of carbonyl (C=O) groups is 3. The Morgan fingerprint density at radius 1 is 0.562 bits per heavy atom. The Labute approximate surface area is 280 Å². The first kappa shape index (κ1) is 36.0. The summed E-state index contributed by atoms with van der Waals surface area (Å²) in [5, 5.41) is 52.3. The molecule has 0 heterocycles. The Morgan fingerprint density at radius 2 is 0.958 bits per heavy atom. The average Bonchev–Trinajstić information content (AvgIpc) is 3.03. The summed E-state index contributed by atoms with van der Waals surface area (Å²) in [5.41, 5.74) is 5.28. The predicted octanol–water partition coefficient (Wildman–Crippen LogP) is 6.80. The van der Waals surface area contributed by atoms with Gasteiger partial charge in [0, 0.05) is 0 Å². The molecule has 0 aliphatic carbocycles. The van der Waals surface area contributed by atoms with Gasteiger partial charge in [-0.15, -0.1) is 0 Å². The van der Waals surface area contributed by atoms with Crippen molar-refractivity contribution in [3.63, 3.8) is 0 Å². The minimum atomic E-state index is -4.31. The second kappa shape index (κ2) is 14.9. The van der Waals surface area contributed by atoms with Gasteiger partial charge in [0.05, 0.1) is 0 Å². The van der Waals surface area contributed by atoms with Gasteiger partial charge in [-0.1, -0.05) is 0 Å². The topological polar surface area (TPSA) is 162 Å². The molecule has 48 heavy (non-hydrogen) atoms. The second-order valence-corrected chi connectivity index (χ2v) is 18.0. The molecule has 254 valence electrons. The van der Waals surface area contributed by atoms with Crippen molar-refractivity contribution >= 4 is 30.0 Å². The van der Waals surface area contributed by atoms with Crippen LogP contribution < -0.4 is 9.83 Å². The van der Waals surface area contributed by atoms with Crippen LogP contribution in [-0.4, -0.2) is 61.9 Å². The van der Waals surface area contributed by atoms with E-state index in [0.29, 0.717) is 33.3 Å². The number of rotatable bonds is 16. The summed E-state index contributed by atoms with van der Waals surface area (Å²) in [5.74, 6) is -2.83. The maximum atomic E-state index is 12.2. The van der Waals surface area contributed by atoms with Crippen molar-refractivity contribution in [2.24, 2.45) is 0 Å². The molecular formula is C38H43O9P. The minimum absolute atomic E-state index is 0.0779. The number of carboxylic acids is 3. The number of aliphatic carboxylic acids is 3. The van der Waals surface area contributed by atoms with Gasteiger partial charge in [-0.2, -0.15) is 0 Å². The molecule has 0 fully saturated rings. The van der Waals surface area contributed by atoms with Crippen molar-refractivity contribution in [1.29, 1.82) is 0 Å². The average molecular weight is 675 g/mol. The van der Waals surface area contributed by atoms with E-state index in [1.54, 1.807) is 54.6 Å². The molecule has 4 rings (SSSR count). The normalized spacial score (nSPS) is 12.2. The molecule has 10 heteroatoms. The molecule has 0 saturated heterocycles. The number of hydrogen-bond acceptors (Lipinski definition) is 6. The summed E-state index contributed by atoms with van der Waals surface area (Å²) in [6, 6.07) is 23.2. The molecule has 0 radical (unpaired) electrons. The number of benzene rings is 4. The van der Waals surface area contributed by atoms with Crippen LogP contribution in [0.4, 0.5) is 0 Å². The Hall–Kier alpha value is -4.88. The van der Waals surface area contributed by atoms with Crippen LogP contribution in [0.25, 0.3) is 0 Å². The summed E-state index contributed by atoms with van der Waals surface area (Å²) in [7, 11) is 0. The fourth-order valence-electron chi connectivity index (χ4n) is 6.45. The molecule has 0 unspecified atom stereocenters. The van der Waals surface area contributed by atoms with Crippen LogP contribution in [0.1, 0.15) is 58.2 Å². The molecule has 0 amide bonds. The van der Waals surface area contributed by atoms with Crippen molar-refractivity contribution in [2.75, 3.05) is 18.5 Å². The van der Waals surface area contributed by atoms with E-state index in [1.807, 2.05) is 45.0 Å². The quantitative estimate of drug-likeness (QED) is 0.0805. The first-order valence-corrected chi connectivity index (χ1v) is 18.5. The molecule has 4 aromatic rings. The van der Waals surface area contributed by atoms with Crippen LogP contribution in [0.5, 0.6) is 17.2 Å². The van der Waals surface area contributed by atoms with E-state index in [2.05, 4.69) is 0 Å². The number of hydrogen-bond donors (Lipinski definition) is 5. The van der Waals surface area contributed by atoms with E-state index in [1.165, 1.54) is 0 Å². The zero-order chi connectivity index (χ0) is 35.1. The summed E-state index contributed by atoms with van der Waals surface area (Å²) in [4.78, 5) is 36.7. The number of phenolic OH excluding ortho intramolecular Hbond substituents is 2. The van der Waals surface area contributed by atoms with E-state index in [9.17, 15) is 39.9 Å². The van der Waals surface area contributed by atoms with Crippen LogP contribution in [0, 0.1) is 20.8 Å². The second-order valence-electron chi connectivity index (χ2n) is 12.7. The zero-order valence-corrected chi connectivity index (χ0v) is 28.4. The van der Waals surface area contributed by atoms with Gasteiger partial charge in [-0.05, 0) is 0 Å². The van der Waals surface area contributed by atoms with Gasteiger partial charge >= 0.3 is 281 Å². The molecule has 0 bridgehead atoms. The predicted molar refractivity (Wildman–Crippen MR) is 187 cm³/mol. The number of aryl methyl sites for hydroxylation is 3. The molecule has 0 aliphatic rings. The van der Waals surface area contributed by atoms with Gasteiger partial charge in [0.25, 0.3) is 0 Å². The van der Waals surface area contributed by atoms with E-state index < -0.39 is 24.7 Å². The number of carboxylic acid groups (broad SMARTS) is 3. The molecular weight excluding hydrogens is 631 g/mol. The molecule has 0 atom stereocenters. The third kappa shape index (κ3) is 8.52. The number of phenols is 2. The Balaban J connectivity index is 2.09. The third-order valence-corrected chi connectivity index (χ3v) is 14.9. The fraction of sp³-hybridized carbons (Fsp3) is 0.289. The summed E-state index contributed by atoms with van der Waals surface area (Å²) >= 11 is 0. The first-order valence-electron chi connectivity index (χ1n) is 15.8. The zero-order valence-electron chi connectivity index (χ0n) is 27.5. The van der Waals surface area contributed by atoms with Crippen LogP contribution in [-0.2, 0) is 27.2 Å². The van der Waals surface area contributed by atoms with Gasteiger partial charge in [-0.3, -0.25) is 0 Å². The SMILES string of the molecule is Cc1ccc(O)c(Cc2cc(C)cc(Cc3cc(C)ccc3O)c2OP(CCC(=O)O)(CCC(=O)O)(CCC(=O)O)c2ccccc2)c1. The van der Waals surface area contributed by atoms with Gasteiger partial charge in [-0.25, -0.2) is 0 Å². The molecule has 9 nitrogen and oxygen atoms in total. The van der Waals surface area contributed by atoms with Crippen molar-refractivity contribution < 1.29 is 44.4 Å². The Bertz CT molecular complexity index is 1690. The Morgan fingerprint density at radius 3 is 1.35 bits per heavy atom. The molecule has 4 aromatic carbocycles. The molecule has 0 aliphatic heterocycles. The van der Waals surface area contributed by atoms with Crippen LogP contribution in [0.2, 0.25) is 0 Å². The van der Waals surface area contributed by atoms with Gasteiger partial charge < -0.3 is 0 Å². The van der Waals surface area contributed by atoms with E-state index >= 15 is 0 Å². The fourth-order valence-corrected chi connectivity index (χ4v) is 12.0. The van der Waals surface area contributed by atoms with E-state index in [0.717, 1.165) is 16.7 Å². The molecule has 0 saturated carbocycles. The van der Waals surface area contributed by atoms with Crippen LogP contribution in [0.3, 0.4) is 0 Å². The van der Waals surface area contributed by atoms with Crippen molar-refractivity contribution in [1.82, 2.24) is 0 Å². The Kier molecular flexibility index (Phi) is 11.2. The van der Waals surface area contributed by atoms with Gasteiger partial charge in [0.2, 0.25) is 0 Å². The summed E-state index contributed by atoms with van der Waals surface area (Å²) in [6.07, 6.45) is -0.971. The van der Waals surface area contributed by atoms with Gasteiger partial charge in [0.1, 0.15) is 0 Å². The molecule has 0 aromatic heterocycles. The third-order valence-electron chi connectivity index (χ3n) is 8.89. The summed E-state index contributed by atoms with van der Waals surface area (Å²) < 4.78 is 7.41. The van der Waals surface area contributed by atoms with Crippen molar-refractivity contribution in [3.8, 4) is 17.2 Å². The summed E-state index contributed by atoms with van der Waals surface area (Å²) in [6.45, 7) is 1.43. The molecule has 5 N–H and O–H groups in total. The van der Waals surface area contributed by atoms with E-state index in [4.69, 9.17) is 4.52 Å². The van der Waals surface area contributed by atoms with Crippen LogP contribution >= 0.6 is 6.83 Å². The first-order chi connectivity index (χ1) is 22.7. The van der Waals surface area contributed by atoms with Crippen molar-refractivity contribution in [3.05, 3.63) is 118 Å². The van der Waals surface area contributed by atoms with Crippen LogP contribution in [0.15, 0.2) is 78.9 Å². The molecule has 0 spiro atoms. The standard InChI is InChI=1S/C38H43O9P/c1-25-9-11-33(39)28(19-25)23-30-21-27(3)22-31(24-29-20-26(2)10-12-34(29)40)38(30)47-48(16-13-35(41)42,17-14-36(43)44,18-15-37(45)46)32-7-5-4-6-8-32/h4-12,19-22,39-40H,13-18,23-24H2,1-3H3,(H,41,42)(H,43,44)(H,45,46). The van der Waals surface area contributed by atoms with Crippen molar-refractivity contribution in [2.45, 2.75) is 52.9 Å². The number of aromatic hydroxyl groups is 2. The monoisotopic (exact) mass is 674 g/mol.